The second-order valence-corrected chi connectivity index (χ2v) is 7.41. The molecule has 0 bridgehead atoms. The van der Waals surface area contributed by atoms with E-state index in [1.54, 1.807) is 12.1 Å². The van der Waals surface area contributed by atoms with Crippen molar-refractivity contribution in [2.24, 2.45) is 5.73 Å². The molecule has 2 rings (SSSR count). The van der Waals surface area contributed by atoms with Gasteiger partial charge in [-0.05, 0) is 31.9 Å². The Balaban J connectivity index is 2.48. The van der Waals surface area contributed by atoms with Gasteiger partial charge in [0.1, 0.15) is 16.4 Å². The highest BCUT2D eigenvalue weighted by atomic mass is 32.2. The van der Waals surface area contributed by atoms with Crippen LogP contribution in [0.1, 0.15) is 26.2 Å². The van der Waals surface area contributed by atoms with Crippen molar-refractivity contribution in [2.45, 2.75) is 43.2 Å². The number of hydrogen-bond acceptors (Lipinski definition) is 5. The molecule has 1 saturated heterocycles. The van der Waals surface area contributed by atoms with Crippen LogP contribution in [0.15, 0.2) is 23.1 Å². The summed E-state index contributed by atoms with van der Waals surface area (Å²) in [6.45, 7) is 2.33. The van der Waals surface area contributed by atoms with Crippen molar-refractivity contribution in [3.63, 3.8) is 0 Å². The molecule has 22 heavy (non-hydrogen) atoms. The third kappa shape index (κ3) is 3.21. The van der Waals surface area contributed by atoms with E-state index in [2.05, 4.69) is 0 Å². The molecule has 0 saturated carbocycles. The number of benzene rings is 1. The smallest absolute Gasteiger partial charge is 0.247 e. The van der Waals surface area contributed by atoms with Crippen molar-refractivity contribution in [2.75, 3.05) is 20.8 Å². The van der Waals surface area contributed by atoms with E-state index in [1.807, 2.05) is 6.92 Å². The minimum Gasteiger partial charge on any atom is -0.497 e. The van der Waals surface area contributed by atoms with Crippen LogP contribution in [0.2, 0.25) is 0 Å². The number of methoxy groups -OCH3 is 2. The molecule has 1 aliphatic heterocycles. The molecule has 1 aromatic carbocycles. The summed E-state index contributed by atoms with van der Waals surface area (Å²) in [6.07, 6.45) is 2.62. The SMILES string of the molecule is COc1ccc(OC)c(S(=O)(=O)N2CCCCC2C(C)N)c1. The Labute approximate surface area is 132 Å². The normalized spacial score (nSPS) is 21.4. The average Bonchev–Trinajstić information content (AvgIpc) is 2.54. The second kappa shape index (κ2) is 6.85. The zero-order chi connectivity index (χ0) is 16.3. The Hall–Kier alpha value is -1.31. The average molecular weight is 328 g/mol. The fourth-order valence-electron chi connectivity index (χ4n) is 2.87. The summed E-state index contributed by atoms with van der Waals surface area (Å²) >= 11 is 0. The highest BCUT2D eigenvalue weighted by Gasteiger charge is 2.37. The lowest BCUT2D eigenvalue weighted by Crippen LogP contribution is -2.51. The number of rotatable bonds is 5. The van der Waals surface area contributed by atoms with E-state index in [1.165, 1.54) is 24.6 Å². The van der Waals surface area contributed by atoms with E-state index in [4.69, 9.17) is 15.2 Å². The van der Waals surface area contributed by atoms with Crippen LogP contribution in [0.5, 0.6) is 11.5 Å². The largest absolute Gasteiger partial charge is 0.497 e. The zero-order valence-corrected chi connectivity index (χ0v) is 14.1. The van der Waals surface area contributed by atoms with E-state index in [0.717, 1.165) is 19.3 Å². The molecule has 1 aromatic rings. The Morgan fingerprint density at radius 2 is 2.00 bits per heavy atom. The monoisotopic (exact) mass is 328 g/mol. The Kier molecular flexibility index (Phi) is 5.31. The first-order valence-corrected chi connectivity index (χ1v) is 8.85. The second-order valence-electron chi connectivity index (χ2n) is 5.55. The summed E-state index contributed by atoms with van der Waals surface area (Å²) in [5.41, 5.74) is 6.00. The van der Waals surface area contributed by atoms with E-state index >= 15 is 0 Å². The van der Waals surface area contributed by atoms with Crippen molar-refractivity contribution in [3.8, 4) is 11.5 Å². The maximum absolute atomic E-state index is 13.1. The number of nitrogens with two attached hydrogens (primary N) is 1. The quantitative estimate of drug-likeness (QED) is 0.888. The molecule has 0 spiro atoms. The Morgan fingerprint density at radius 1 is 1.27 bits per heavy atom. The molecule has 124 valence electrons. The first kappa shape index (κ1) is 17.1. The van der Waals surface area contributed by atoms with Gasteiger partial charge in [0.2, 0.25) is 10.0 Å². The molecular formula is C15H24N2O4S. The van der Waals surface area contributed by atoms with Gasteiger partial charge in [0.05, 0.1) is 14.2 Å². The summed E-state index contributed by atoms with van der Waals surface area (Å²) in [5.74, 6) is 0.795. The van der Waals surface area contributed by atoms with Crippen molar-refractivity contribution in [3.05, 3.63) is 18.2 Å². The van der Waals surface area contributed by atoms with E-state index in [9.17, 15) is 8.42 Å². The zero-order valence-electron chi connectivity index (χ0n) is 13.3. The van der Waals surface area contributed by atoms with E-state index in [-0.39, 0.29) is 17.0 Å². The first-order chi connectivity index (χ1) is 10.4. The minimum atomic E-state index is -3.68. The van der Waals surface area contributed by atoms with E-state index < -0.39 is 10.0 Å². The predicted molar refractivity (Wildman–Crippen MR) is 84.7 cm³/mol. The highest BCUT2D eigenvalue weighted by molar-refractivity contribution is 7.89. The van der Waals surface area contributed by atoms with Crippen LogP contribution < -0.4 is 15.2 Å². The number of ether oxygens (including phenoxy) is 2. The summed E-state index contributed by atoms with van der Waals surface area (Å²) in [6, 6.07) is 4.38. The topological polar surface area (TPSA) is 81.9 Å². The van der Waals surface area contributed by atoms with Crippen LogP contribution in [0, 0.1) is 0 Å². The summed E-state index contributed by atoms with van der Waals surface area (Å²) in [4.78, 5) is 0.127. The molecule has 1 heterocycles. The van der Waals surface area contributed by atoms with Crippen molar-refractivity contribution in [1.82, 2.24) is 4.31 Å². The molecule has 6 nitrogen and oxygen atoms in total. The lowest BCUT2D eigenvalue weighted by molar-refractivity contribution is 0.226. The van der Waals surface area contributed by atoms with E-state index in [0.29, 0.717) is 18.0 Å². The van der Waals surface area contributed by atoms with Gasteiger partial charge in [-0.25, -0.2) is 8.42 Å². The van der Waals surface area contributed by atoms with Crippen LogP contribution in [-0.4, -0.2) is 45.6 Å². The van der Waals surface area contributed by atoms with Gasteiger partial charge < -0.3 is 15.2 Å². The lowest BCUT2D eigenvalue weighted by Gasteiger charge is -2.37. The van der Waals surface area contributed by atoms with Crippen LogP contribution in [0.4, 0.5) is 0 Å². The molecule has 7 heteroatoms. The maximum atomic E-state index is 13.1. The molecular weight excluding hydrogens is 304 g/mol. The molecule has 0 amide bonds. The standard InChI is InChI=1S/C15H24N2O4S/c1-11(16)13-6-4-5-9-17(13)22(18,19)15-10-12(20-2)7-8-14(15)21-3/h7-8,10-11,13H,4-6,9,16H2,1-3H3. The van der Waals surface area contributed by atoms with Gasteiger partial charge >= 0.3 is 0 Å². The number of sulfonamides is 1. The van der Waals surface area contributed by atoms with Gasteiger partial charge in [0, 0.05) is 24.7 Å². The fraction of sp³-hybridized carbons (Fsp3) is 0.600. The predicted octanol–water partition coefficient (Wildman–Crippen LogP) is 1.59. The van der Waals surface area contributed by atoms with Crippen molar-refractivity contribution in [1.29, 1.82) is 0 Å². The van der Waals surface area contributed by atoms with Crippen molar-refractivity contribution < 1.29 is 17.9 Å². The first-order valence-electron chi connectivity index (χ1n) is 7.41. The van der Waals surface area contributed by atoms with Gasteiger partial charge in [-0.1, -0.05) is 6.42 Å². The molecule has 0 aliphatic carbocycles. The highest BCUT2D eigenvalue weighted by Crippen LogP contribution is 2.34. The Morgan fingerprint density at radius 3 is 2.59 bits per heavy atom. The lowest BCUT2D eigenvalue weighted by atomic mass is 10.00. The molecule has 2 N–H and O–H groups in total. The molecule has 0 radical (unpaired) electrons. The Bertz CT molecular complexity index is 616. The summed E-state index contributed by atoms with van der Waals surface area (Å²) < 4.78 is 38.1. The van der Waals surface area contributed by atoms with Crippen molar-refractivity contribution >= 4 is 10.0 Å². The molecule has 0 aromatic heterocycles. The van der Waals surface area contributed by atoms with Crippen LogP contribution >= 0.6 is 0 Å². The van der Waals surface area contributed by atoms with Gasteiger partial charge in [0.25, 0.3) is 0 Å². The summed E-state index contributed by atoms with van der Waals surface area (Å²) in [5, 5.41) is 0. The number of piperidine rings is 1. The summed E-state index contributed by atoms with van der Waals surface area (Å²) in [7, 11) is -0.721. The van der Waals surface area contributed by atoms with Gasteiger partial charge in [-0.15, -0.1) is 0 Å². The maximum Gasteiger partial charge on any atom is 0.247 e. The van der Waals surface area contributed by atoms with Gasteiger partial charge in [-0.3, -0.25) is 0 Å². The molecule has 2 atom stereocenters. The number of nitrogens with zero attached hydrogens (tertiary/aromatic N) is 1. The minimum absolute atomic E-state index is 0.127. The third-order valence-corrected chi connectivity index (χ3v) is 6.01. The van der Waals surface area contributed by atoms with Gasteiger partial charge in [0.15, 0.2) is 0 Å². The van der Waals surface area contributed by atoms with Crippen LogP contribution in [0.25, 0.3) is 0 Å². The van der Waals surface area contributed by atoms with Gasteiger partial charge in [-0.2, -0.15) is 4.31 Å². The van der Waals surface area contributed by atoms with Crippen LogP contribution in [-0.2, 0) is 10.0 Å². The number of hydrogen-bond donors (Lipinski definition) is 1. The third-order valence-electron chi connectivity index (χ3n) is 4.06. The molecule has 2 unspecified atom stereocenters. The molecule has 1 aliphatic rings. The molecule has 1 fully saturated rings. The fourth-order valence-corrected chi connectivity index (χ4v) is 4.81. The van der Waals surface area contributed by atoms with Crippen LogP contribution in [0.3, 0.4) is 0 Å².